The molecular formula is C22H22F3N3O6. The van der Waals surface area contributed by atoms with E-state index in [0.717, 1.165) is 5.52 Å². The highest BCUT2D eigenvalue weighted by Crippen LogP contribution is 2.30. The third-order valence-electron chi connectivity index (χ3n) is 5.35. The van der Waals surface area contributed by atoms with E-state index in [9.17, 15) is 28.2 Å². The molecular weight excluding hydrogens is 459 g/mol. The zero-order valence-electron chi connectivity index (χ0n) is 17.8. The second-order valence-electron chi connectivity index (χ2n) is 7.61. The van der Waals surface area contributed by atoms with Gasteiger partial charge in [-0.05, 0) is 37.1 Å². The Kier molecular flexibility index (Phi) is 7.42. The van der Waals surface area contributed by atoms with E-state index in [0.29, 0.717) is 43.1 Å². The molecule has 34 heavy (non-hydrogen) atoms. The van der Waals surface area contributed by atoms with E-state index in [2.05, 4.69) is 10.3 Å². The quantitative estimate of drug-likeness (QED) is 0.405. The molecule has 0 saturated carbocycles. The van der Waals surface area contributed by atoms with Gasteiger partial charge in [-0.1, -0.05) is 18.2 Å². The molecule has 0 unspecified atom stereocenters. The molecule has 1 saturated heterocycles. The molecule has 12 heteroatoms. The van der Waals surface area contributed by atoms with Gasteiger partial charge in [0.25, 0.3) is 0 Å². The van der Waals surface area contributed by atoms with Crippen LogP contribution in [0.2, 0.25) is 0 Å². The highest BCUT2D eigenvalue weighted by Gasteiger charge is 2.37. The van der Waals surface area contributed by atoms with Crippen LogP contribution in [0.5, 0.6) is 5.75 Å². The number of aliphatic hydroxyl groups excluding tert-OH is 1. The topological polar surface area (TPSA) is 139 Å². The number of aromatic hydroxyl groups is 1. The van der Waals surface area contributed by atoms with E-state index in [1.54, 1.807) is 28.8 Å². The first-order valence-electron chi connectivity index (χ1n) is 10.2. The zero-order chi connectivity index (χ0) is 24.9. The Labute approximate surface area is 191 Å². The van der Waals surface area contributed by atoms with Crippen molar-refractivity contribution in [2.24, 2.45) is 0 Å². The second-order valence-corrected chi connectivity index (χ2v) is 7.61. The van der Waals surface area contributed by atoms with Crippen LogP contribution in [0.1, 0.15) is 23.5 Å². The molecule has 1 aliphatic heterocycles. The number of aromatic amines is 1. The van der Waals surface area contributed by atoms with Gasteiger partial charge in [-0.2, -0.15) is 17.6 Å². The number of halogens is 3. The van der Waals surface area contributed by atoms with Gasteiger partial charge in [0.2, 0.25) is 0 Å². The van der Waals surface area contributed by atoms with Crippen LogP contribution in [-0.4, -0.2) is 58.6 Å². The fourth-order valence-corrected chi connectivity index (χ4v) is 3.53. The summed E-state index contributed by atoms with van der Waals surface area (Å²) >= 11 is 0. The van der Waals surface area contributed by atoms with E-state index < -0.39 is 17.7 Å². The van der Waals surface area contributed by atoms with Crippen molar-refractivity contribution in [3.63, 3.8) is 0 Å². The van der Waals surface area contributed by atoms with Crippen LogP contribution in [0.25, 0.3) is 16.8 Å². The predicted molar refractivity (Wildman–Crippen MR) is 109 cm³/mol. The van der Waals surface area contributed by atoms with Gasteiger partial charge in [-0.15, -0.1) is 0 Å². The molecule has 3 aromatic rings. The van der Waals surface area contributed by atoms with Crippen molar-refractivity contribution < 1.29 is 47.2 Å². The summed E-state index contributed by atoms with van der Waals surface area (Å²) in [5.41, 5.74) is 1.36. The number of H-pyrrole nitrogens is 1. The minimum atomic E-state index is -5.19. The van der Waals surface area contributed by atoms with Crippen LogP contribution in [0.15, 0.2) is 48.7 Å². The average Bonchev–Trinajstić information content (AvgIpc) is 3.19. The molecule has 9 nitrogen and oxygen atoms in total. The van der Waals surface area contributed by atoms with Crippen molar-refractivity contribution in [3.05, 3.63) is 54.5 Å². The number of amides is 1. The zero-order valence-corrected chi connectivity index (χ0v) is 17.8. The number of imidazole rings is 1. The van der Waals surface area contributed by atoms with Gasteiger partial charge in [-0.3, -0.25) is 4.79 Å². The highest BCUT2D eigenvalue weighted by molar-refractivity contribution is 5.92. The lowest BCUT2D eigenvalue weighted by Gasteiger charge is -2.35. The number of alkyl halides is 3. The smallest absolute Gasteiger partial charge is 0.430 e. The summed E-state index contributed by atoms with van der Waals surface area (Å²) in [6.07, 6.45) is -2.28. The average molecular weight is 481 g/mol. The molecule has 0 aliphatic carbocycles. The fraction of sp³-hybridized carbons (Fsp3) is 0.318. The minimum absolute atomic E-state index is 0.133. The summed E-state index contributed by atoms with van der Waals surface area (Å²) in [5, 5.41) is 31.9. The van der Waals surface area contributed by atoms with Crippen LogP contribution in [0, 0.1) is 0 Å². The van der Waals surface area contributed by atoms with Crippen molar-refractivity contribution >= 4 is 17.4 Å². The Morgan fingerprint density at radius 2 is 1.76 bits per heavy atom. The van der Waals surface area contributed by atoms with Gasteiger partial charge in [0.05, 0.1) is 23.9 Å². The van der Waals surface area contributed by atoms with Crippen LogP contribution in [0.4, 0.5) is 13.2 Å². The number of phenolic OH excluding ortho intramolecular Hbond substituents is 1. The lowest BCUT2D eigenvalue weighted by molar-refractivity contribution is -0.514. The van der Waals surface area contributed by atoms with Gasteiger partial charge in [-0.25, -0.2) is 4.98 Å². The van der Waals surface area contributed by atoms with Crippen molar-refractivity contribution in [2.75, 3.05) is 19.8 Å². The summed E-state index contributed by atoms with van der Waals surface area (Å²) in [4.78, 5) is 25.0. The Morgan fingerprint density at radius 3 is 2.35 bits per heavy atom. The molecule has 0 bridgehead atoms. The number of carbonyl (C=O) groups excluding carboxylic acids is 2. The largest absolute Gasteiger partial charge is 0.542 e. The highest BCUT2D eigenvalue weighted by atomic mass is 19.4. The first kappa shape index (κ1) is 25.0. The lowest BCUT2D eigenvalue weighted by Crippen LogP contribution is -2.55. The molecule has 1 aromatic carbocycles. The van der Waals surface area contributed by atoms with E-state index in [4.69, 9.17) is 14.6 Å². The summed E-state index contributed by atoms with van der Waals surface area (Å²) in [5.74, 6) is -2.85. The Hall–Kier alpha value is -3.64. The number of para-hydroxylation sites is 1. The molecule has 2 aromatic heterocycles. The second kappa shape index (κ2) is 10.1. The predicted octanol–water partition coefficient (Wildman–Crippen LogP) is 0.696. The molecule has 1 aliphatic rings. The number of aliphatic hydroxyl groups is 1. The Balaban J connectivity index is 0.000000406. The summed E-state index contributed by atoms with van der Waals surface area (Å²) < 4.78 is 38.7. The summed E-state index contributed by atoms with van der Waals surface area (Å²) in [6.45, 7) is 0.864. The molecule has 182 valence electrons. The molecule has 0 radical (unpaired) electrons. The standard InChI is InChI=1S/C20H21N3O4.C2HF3O2/c24-13-20(8-11-27-12-9-20)22-19(26)18-21-17(14-5-1-2-7-16(14)25)15-6-3-4-10-23(15)18;3-2(4,5)1(6)7/h1-7,10,24H,8-9,11-13H2,(H2,22,25,26);(H,6,7). The molecule has 0 atom stereocenters. The van der Waals surface area contributed by atoms with Crippen LogP contribution < -0.4 is 14.8 Å². The number of aliphatic carboxylic acids is 1. The minimum Gasteiger partial charge on any atom is -0.542 e. The van der Waals surface area contributed by atoms with E-state index in [1.165, 1.54) is 0 Å². The van der Waals surface area contributed by atoms with Crippen molar-refractivity contribution in [3.8, 4) is 17.0 Å². The van der Waals surface area contributed by atoms with Gasteiger partial charge < -0.3 is 30.2 Å². The number of carboxylic acid groups (broad SMARTS) is 1. The number of carbonyl (C=O) groups is 2. The molecule has 0 spiro atoms. The number of aromatic nitrogens is 2. The number of nitrogens with zero attached hydrogens (tertiary/aromatic N) is 1. The monoisotopic (exact) mass is 481 g/mol. The maximum atomic E-state index is 13.0. The molecule has 4 rings (SSSR count). The van der Waals surface area contributed by atoms with Crippen LogP contribution in [0.3, 0.4) is 0 Å². The Morgan fingerprint density at radius 1 is 1.15 bits per heavy atom. The molecule has 4 N–H and O–H groups in total. The summed E-state index contributed by atoms with van der Waals surface area (Å²) in [6, 6.07) is 12.6. The third-order valence-corrected chi connectivity index (χ3v) is 5.35. The maximum absolute atomic E-state index is 13.0. The SMILES string of the molecule is O=C(NC1(CO)CCOCC1)c1[nH]c(-c2ccccc2O)c2cccc[n+]12.O=C([O-])C(F)(F)F. The fourth-order valence-electron chi connectivity index (χ4n) is 3.53. The first-order chi connectivity index (χ1) is 16.1. The van der Waals surface area contributed by atoms with E-state index in [-0.39, 0.29) is 18.3 Å². The maximum Gasteiger partial charge on any atom is 0.430 e. The molecule has 1 fully saturated rings. The number of pyridine rings is 1. The number of hydrogen-bond acceptors (Lipinski definition) is 6. The van der Waals surface area contributed by atoms with Crippen molar-refractivity contribution in [2.45, 2.75) is 24.6 Å². The van der Waals surface area contributed by atoms with Crippen molar-refractivity contribution in [1.82, 2.24) is 10.3 Å². The van der Waals surface area contributed by atoms with Crippen LogP contribution >= 0.6 is 0 Å². The van der Waals surface area contributed by atoms with Crippen molar-refractivity contribution in [1.29, 1.82) is 0 Å². The normalized spacial score (nSPS) is 15.3. The molecule has 3 heterocycles. The molecule has 1 amide bonds. The van der Waals surface area contributed by atoms with Crippen LogP contribution in [-0.2, 0) is 9.53 Å². The number of fused-ring (bicyclic) bond motifs is 1. The number of hydrogen-bond donors (Lipinski definition) is 4. The summed E-state index contributed by atoms with van der Waals surface area (Å²) in [7, 11) is 0. The first-order valence-corrected chi connectivity index (χ1v) is 10.2. The lowest BCUT2D eigenvalue weighted by atomic mass is 9.91. The van der Waals surface area contributed by atoms with E-state index in [1.807, 2.05) is 24.3 Å². The third kappa shape index (κ3) is 5.46. The number of carboxylic acids is 1. The van der Waals surface area contributed by atoms with Gasteiger partial charge in [0, 0.05) is 13.2 Å². The number of benzene rings is 1. The van der Waals surface area contributed by atoms with E-state index >= 15 is 0 Å². The van der Waals surface area contributed by atoms with Gasteiger partial charge in [0.1, 0.15) is 11.7 Å². The number of ether oxygens (including phenoxy) is 1. The number of phenols is 1. The number of rotatable bonds is 4. The Bertz CT molecular complexity index is 1170. The number of nitrogens with one attached hydrogen (secondary N) is 2. The van der Waals surface area contributed by atoms with Gasteiger partial charge >= 0.3 is 17.9 Å². The van der Waals surface area contributed by atoms with Gasteiger partial charge in [0.15, 0.2) is 11.2 Å².